The van der Waals surface area contributed by atoms with Gasteiger partial charge in [-0.1, -0.05) is 96.1 Å². The lowest BCUT2D eigenvalue weighted by Crippen LogP contribution is -2.34. The van der Waals surface area contributed by atoms with Crippen molar-refractivity contribution in [2.45, 2.75) is 59.0 Å². The molecule has 0 N–H and O–H groups in total. The second-order valence-corrected chi connectivity index (χ2v) is 10.4. The van der Waals surface area contributed by atoms with Crippen LogP contribution in [0, 0.1) is 0 Å². The van der Waals surface area contributed by atoms with E-state index in [0.717, 1.165) is 16.7 Å². The standard InChI is InChI=1S/C29H33NO4/c1-28(2,3)24-17-23(18-25(19-24)29(4,5)6)27(32)34-30(26(31)22-15-11-8-12-16-22)33-20-21-13-9-7-10-14-21/h7-19H,20H2,1-6H3. The second kappa shape index (κ2) is 10.2. The molecule has 0 radical (unpaired) electrons. The summed E-state index contributed by atoms with van der Waals surface area (Å²) >= 11 is 0. The number of nitrogens with zero attached hydrogens (tertiary/aromatic N) is 1. The summed E-state index contributed by atoms with van der Waals surface area (Å²) in [6.07, 6.45) is 0. The highest BCUT2D eigenvalue weighted by Gasteiger charge is 2.26. The van der Waals surface area contributed by atoms with Crippen molar-refractivity contribution in [1.29, 1.82) is 0 Å². The topological polar surface area (TPSA) is 55.8 Å². The minimum atomic E-state index is -0.658. The Kier molecular flexibility index (Phi) is 7.57. The molecule has 3 aromatic carbocycles. The molecule has 0 unspecified atom stereocenters. The fraction of sp³-hybridized carbons (Fsp3) is 0.310. The molecule has 0 bridgehead atoms. The van der Waals surface area contributed by atoms with Crippen molar-refractivity contribution in [3.8, 4) is 0 Å². The minimum Gasteiger partial charge on any atom is -0.306 e. The Balaban J connectivity index is 1.92. The van der Waals surface area contributed by atoms with Gasteiger partial charge in [0.05, 0.1) is 5.56 Å². The Morgan fingerprint density at radius 3 is 1.71 bits per heavy atom. The largest absolute Gasteiger partial charge is 0.366 e. The van der Waals surface area contributed by atoms with Gasteiger partial charge in [-0.2, -0.15) is 0 Å². The van der Waals surface area contributed by atoms with Gasteiger partial charge in [-0.3, -0.25) is 4.79 Å². The molecule has 0 saturated heterocycles. The Morgan fingerprint density at radius 1 is 0.706 bits per heavy atom. The van der Waals surface area contributed by atoms with Gasteiger partial charge in [0.2, 0.25) is 0 Å². The summed E-state index contributed by atoms with van der Waals surface area (Å²) in [7, 11) is 0. The number of hydrogen-bond donors (Lipinski definition) is 0. The van der Waals surface area contributed by atoms with Crippen LogP contribution in [0.5, 0.6) is 0 Å². The van der Waals surface area contributed by atoms with Crippen LogP contribution in [0.3, 0.4) is 0 Å². The summed E-state index contributed by atoms with van der Waals surface area (Å²) in [5, 5.41) is 0.686. The molecule has 0 saturated carbocycles. The average molecular weight is 460 g/mol. The summed E-state index contributed by atoms with van der Waals surface area (Å²) < 4.78 is 0. The zero-order chi connectivity index (χ0) is 24.9. The van der Waals surface area contributed by atoms with Gasteiger partial charge in [-0.05, 0) is 57.0 Å². The zero-order valence-electron chi connectivity index (χ0n) is 20.8. The predicted molar refractivity (Wildman–Crippen MR) is 133 cm³/mol. The Bertz CT molecular complexity index is 1090. The minimum absolute atomic E-state index is 0.0714. The summed E-state index contributed by atoms with van der Waals surface area (Å²) in [5.41, 5.74) is 3.25. The molecular weight excluding hydrogens is 426 g/mol. The van der Waals surface area contributed by atoms with Gasteiger partial charge < -0.3 is 4.84 Å². The number of carbonyl (C=O) groups is 2. The van der Waals surface area contributed by atoms with Crippen LogP contribution >= 0.6 is 0 Å². The first-order valence-electron chi connectivity index (χ1n) is 11.4. The van der Waals surface area contributed by atoms with Crippen molar-refractivity contribution in [1.82, 2.24) is 5.23 Å². The molecule has 0 heterocycles. The first kappa shape index (κ1) is 25.2. The van der Waals surface area contributed by atoms with E-state index in [1.54, 1.807) is 24.3 Å². The van der Waals surface area contributed by atoms with Crippen molar-refractivity contribution in [2.24, 2.45) is 0 Å². The third kappa shape index (κ3) is 6.55. The van der Waals surface area contributed by atoms with Crippen LogP contribution in [0.15, 0.2) is 78.9 Å². The van der Waals surface area contributed by atoms with Gasteiger partial charge in [0.15, 0.2) is 0 Å². The molecule has 3 rings (SSSR count). The van der Waals surface area contributed by atoms with Gasteiger partial charge in [0.25, 0.3) is 0 Å². The first-order chi connectivity index (χ1) is 15.9. The van der Waals surface area contributed by atoms with Crippen molar-refractivity contribution in [3.05, 3.63) is 107 Å². The fourth-order valence-electron chi connectivity index (χ4n) is 3.26. The van der Waals surface area contributed by atoms with Gasteiger partial charge in [-0.25, -0.2) is 9.63 Å². The van der Waals surface area contributed by atoms with Gasteiger partial charge >= 0.3 is 11.9 Å². The quantitative estimate of drug-likeness (QED) is 0.402. The molecule has 0 aromatic heterocycles. The summed E-state index contributed by atoms with van der Waals surface area (Å²) in [4.78, 5) is 37.6. The van der Waals surface area contributed by atoms with E-state index in [-0.39, 0.29) is 17.4 Å². The van der Waals surface area contributed by atoms with Gasteiger partial charge in [-0.15, -0.1) is 0 Å². The van der Waals surface area contributed by atoms with Crippen LogP contribution in [-0.4, -0.2) is 17.1 Å². The lowest BCUT2D eigenvalue weighted by molar-refractivity contribution is -0.300. The van der Waals surface area contributed by atoms with Crippen molar-refractivity contribution >= 4 is 11.9 Å². The molecule has 0 aliphatic carbocycles. The molecule has 178 valence electrons. The van der Waals surface area contributed by atoms with Crippen LogP contribution in [0.1, 0.15) is 78.9 Å². The Labute approximate surface area is 202 Å². The van der Waals surface area contributed by atoms with Crippen LogP contribution < -0.4 is 0 Å². The fourth-order valence-corrected chi connectivity index (χ4v) is 3.26. The first-order valence-corrected chi connectivity index (χ1v) is 11.4. The Hall–Kier alpha value is -3.44. The van der Waals surface area contributed by atoms with Crippen LogP contribution in [0.2, 0.25) is 0 Å². The molecule has 3 aromatic rings. The SMILES string of the molecule is CC(C)(C)c1cc(C(=O)ON(OCc2ccccc2)C(=O)c2ccccc2)cc(C(C)(C)C)c1. The van der Waals surface area contributed by atoms with E-state index in [4.69, 9.17) is 9.68 Å². The number of rotatable bonds is 5. The normalized spacial score (nSPS) is 11.7. The Morgan fingerprint density at radius 2 is 1.21 bits per heavy atom. The molecule has 5 nitrogen and oxygen atoms in total. The predicted octanol–water partition coefficient (Wildman–Crippen LogP) is 6.63. The number of hydroxylamine groups is 2. The number of benzene rings is 3. The molecule has 0 fully saturated rings. The third-order valence-electron chi connectivity index (χ3n) is 5.44. The molecule has 0 aliphatic rings. The average Bonchev–Trinajstić information content (AvgIpc) is 2.81. The molecule has 1 amide bonds. The lowest BCUT2D eigenvalue weighted by atomic mass is 9.79. The van der Waals surface area contributed by atoms with Crippen LogP contribution in [-0.2, 0) is 27.1 Å². The third-order valence-corrected chi connectivity index (χ3v) is 5.44. The maximum absolute atomic E-state index is 13.3. The lowest BCUT2D eigenvalue weighted by Gasteiger charge is -2.26. The number of amides is 1. The molecule has 0 spiro atoms. The summed E-state index contributed by atoms with van der Waals surface area (Å²) in [5.74, 6) is -1.22. The van der Waals surface area contributed by atoms with E-state index in [1.807, 2.05) is 48.5 Å². The van der Waals surface area contributed by atoms with E-state index in [0.29, 0.717) is 16.4 Å². The van der Waals surface area contributed by atoms with Crippen molar-refractivity contribution < 1.29 is 19.3 Å². The molecule has 34 heavy (non-hydrogen) atoms. The highest BCUT2D eigenvalue weighted by molar-refractivity contribution is 5.95. The van der Waals surface area contributed by atoms with Crippen molar-refractivity contribution in [2.75, 3.05) is 0 Å². The van der Waals surface area contributed by atoms with E-state index in [9.17, 15) is 9.59 Å². The smallest absolute Gasteiger partial charge is 0.306 e. The maximum atomic E-state index is 13.3. The molecule has 5 heteroatoms. The summed E-state index contributed by atoms with van der Waals surface area (Å²) in [6, 6.07) is 23.7. The molecule has 0 atom stereocenters. The molecular formula is C29H33NO4. The van der Waals surface area contributed by atoms with Gasteiger partial charge in [0, 0.05) is 5.56 Å². The zero-order valence-corrected chi connectivity index (χ0v) is 20.8. The van der Waals surface area contributed by atoms with E-state index < -0.39 is 11.9 Å². The van der Waals surface area contributed by atoms with E-state index in [2.05, 4.69) is 47.6 Å². The maximum Gasteiger partial charge on any atom is 0.366 e. The highest BCUT2D eigenvalue weighted by Crippen LogP contribution is 2.30. The number of hydrogen-bond acceptors (Lipinski definition) is 4. The number of carbonyl (C=O) groups excluding carboxylic acids is 2. The van der Waals surface area contributed by atoms with Gasteiger partial charge in [0.1, 0.15) is 6.61 Å². The van der Waals surface area contributed by atoms with Crippen LogP contribution in [0.4, 0.5) is 0 Å². The second-order valence-electron chi connectivity index (χ2n) is 10.4. The monoisotopic (exact) mass is 459 g/mol. The molecule has 0 aliphatic heterocycles. The van der Waals surface area contributed by atoms with E-state index >= 15 is 0 Å². The summed E-state index contributed by atoms with van der Waals surface area (Å²) in [6.45, 7) is 12.6. The highest BCUT2D eigenvalue weighted by atomic mass is 17.0. The van der Waals surface area contributed by atoms with Crippen LogP contribution in [0.25, 0.3) is 0 Å². The van der Waals surface area contributed by atoms with E-state index in [1.165, 1.54) is 0 Å². The van der Waals surface area contributed by atoms with Crippen molar-refractivity contribution in [3.63, 3.8) is 0 Å².